The van der Waals surface area contributed by atoms with Gasteiger partial charge in [-0.25, -0.2) is 0 Å². The van der Waals surface area contributed by atoms with E-state index in [4.69, 9.17) is 19.7 Å². The molecule has 1 aliphatic carbocycles. The Morgan fingerprint density at radius 3 is 2.74 bits per heavy atom. The van der Waals surface area contributed by atoms with Crippen LogP contribution >= 0.6 is 15.9 Å². The zero-order chi connectivity index (χ0) is 13.4. The Labute approximate surface area is 118 Å². The molecule has 0 atom stereocenters. The van der Waals surface area contributed by atoms with Gasteiger partial charge in [0.25, 0.3) is 0 Å². The molecular weight excluding hydrogens is 312 g/mol. The van der Waals surface area contributed by atoms with Crippen LogP contribution in [0.3, 0.4) is 0 Å². The maximum atomic E-state index is 5.83. The Morgan fingerprint density at radius 1 is 1.37 bits per heavy atom. The molecule has 3 rings (SSSR count). The van der Waals surface area contributed by atoms with E-state index < -0.39 is 0 Å². The Bertz CT molecular complexity index is 608. The van der Waals surface area contributed by atoms with Gasteiger partial charge < -0.3 is 19.7 Å². The van der Waals surface area contributed by atoms with E-state index in [9.17, 15) is 0 Å². The first-order valence-electron chi connectivity index (χ1n) is 5.94. The lowest BCUT2D eigenvalue weighted by atomic mass is 10.1. The number of nitrogen functional groups attached to an aromatic ring is 1. The molecule has 0 saturated heterocycles. The fourth-order valence-corrected chi connectivity index (χ4v) is 2.29. The van der Waals surface area contributed by atoms with Gasteiger partial charge >= 0.3 is 0 Å². The Hall–Kier alpha value is -1.69. The van der Waals surface area contributed by atoms with Crippen molar-refractivity contribution in [2.75, 3.05) is 12.8 Å². The molecule has 2 N–H and O–H groups in total. The molecule has 6 heteroatoms. The predicted octanol–water partition coefficient (Wildman–Crippen LogP) is 3.24. The van der Waals surface area contributed by atoms with Crippen LogP contribution in [0.4, 0.5) is 5.82 Å². The molecule has 0 radical (unpaired) electrons. The third-order valence-electron chi connectivity index (χ3n) is 2.85. The first-order chi connectivity index (χ1) is 9.17. The Balaban J connectivity index is 2.00. The molecule has 0 bridgehead atoms. The monoisotopic (exact) mass is 324 g/mol. The van der Waals surface area contributed by atoms with E-state index in [0.29, 0.717) is 23.4 Å². The normalized spacial score (nSPS) is 14.4. The van der Waals surface area contributed by atoms with Crippen molar-refractivity contribution in [3.63, 3.8) is 0 Å². The topological polar surface area (TPSA) is 70.5 Å². The number of aromatic nitrogens is 1. The highest BCUT2D eigenvalue weighted by atomic mass is 79.9. The molecule has 0 unspecified atom stereocenters. The Morgan fingerprint density at radius 2 is 2.16 bits per heavy atom. The van der Waals surface area contributed by atoms with Crippen LogP contribution in [-0.4, -0.2) is 18.4 Å². The number of hydrogen-bond donors (Lipinski definition) is 1. The van der Waals surface area contributed by atoms with Gasteiger partial charge in [0.1, 0.15) is 0 Å². The van der Waals surface area contributed by atoms with E-state index in [0.717, 1.165) is 28.6 Å². The van der Waals surface area contributed by atoms with Crippen LogP contribution in [0.2, 0.25) is 0 Å². The average Bonchev–Trinajstić information content (AvgIpc) is 3.11. The van der Waals surface area contributed by atoms with Gasteiger partial charge in [-0.15, -0.1) is 0 Å². The van der Waals surface area contributed by atoms with E-state index in [2.05, 4.69) is 21.1 Å². The fraction of sp³-hybridized carbons (Fsp3) is 0.308. The number of nitrogens with two attached hydrogens (primary N) is 1. The standard InChI is InChI=1S/C13H13BrN2O3/c1-17-11-5-7(10-6-12(15)16-19-10)4-9(14)13(11)18-8-2-3-8/h4-6,8H,2-3H2,1H3,(H2,15,16). The van der Waals surface area contributed by atoms with Crippen molar-refractivity contribution < 1.29 is 14.0 Å². The van der Waals surface area contributed by atoms with E-state index in [1.807, 2.05) is 12.1 Å². The van der Waals surface area contributed by atoms with Gasteiger partial charge in [0.15, 0.2) is 23.1 Å². The summed E-state index contributed by atoms with van der Waals surface area (Å²) in [6, 6.07) is 5.42. The van der Waals surface area contributed by atoms with Crippen molar-refractivity contribution in [2.24, 2.45) is 0 Å². The molecule has 1 aliphatic rings. The van der Waals surface area contributed by atoms with E-state index in [1.54, 1.807) is 13.2 Å². The highest BCUT2D eigenvalue weighted by Gasteiger charge is 2.26. The van der Waals surface area contributed by atoms with Crippen LogP contribution in [0.25, 0.3) is 11.3 Å². The summed E-state index contributed by atoms with van der Waals surface area (Å²) in [5.74, 6) is 2.32. The van der Waals surface area contributed by atoms with Crippen molar-refractivity contribution in [3.8, 4) is 22.8 Å². The van der Waals surface area contributed by atoms with Crippen LogP contribution in [0.1, 0.15) is 12.8 Å². The quantitative estimate of drug-likeness (QED) is 0.934. The van der Waals surface area contributed by atoms with Gasteiger partial charge in [-0.05, 0) is 40.9 Å². The first-order valence-corrected chi connectivity index (χ1v) is 6.73. The van der Waals surface area contributed by atoms with Crippen molar-refractivity contribution >= 4 is 21.7 Å². The van der Waals surface area contributed by atoms with E-state index in [-0.39, 0.29) is 0 Å². The second kappa shape index (κ2) is 4.77. The maximum absolute atomic E-state index is 5.83. The molecule has 1 aromatic carbocycles. The second-order valence-corrected chi connectivity index (χ2v) is 5.28. The van der Waals surface area contributed by atoms with Gasteiger partial charge in [0.05, 0.1) is 17.7 Å². The lowest BCUT2D eigenvalue weighted by molar-refractivity contribution is 0.280. The maximum Gasteiger partial charge on any atom is 0.175 e. The summed E-state index contributed by atoms with van der Waals surface area (Å²) >= 11 is 3.50. The number of nitrogens with zero attached hydrogens (tertiary/aromatic N) is 1. The molecule has 1 heterocycles. The molecular formula is C13H13BrN2O3. The number of anilines is 1. The van der Waals surface area contributed by atoms with E-state index in [1.165, 1.54) is 0 Å². The summed E-state index contributed by atoms with van der Waals surface area (Å²) in [6.45, 7) is 0. The third kappa shape index (κ3) is 2.53. The summed E-state index contributed by atoms with van der Waals surface area (Å²) in [5.41, 5.74) is 6.39. The minimum atomic E-state index is 0.303. The molecule has 100 valence electrons. The summed E-state index contributed by atoms with van der Waals surface area (Å²) < 4.78 is 17.2. The molecule has 0 spiro atoms. The number of benzene rings is 1. The lowest BCUT2D eigenvalue weighted by Gasteiger charge is -2.13. The van der Waals surface area contributed by atoms with Gasteiger partial charge in [-0.2, -0.15) is 0 Å². The molecule has 1 aromatic heterocycles. The number of methoxy groups -OCH3 is 1. The zero-order valence-corrected chi connectivity index (χ0v) is 11.9. The number of halogens is 1. The van der Waals surface area contributed by atoms with Crippen LogP contribution in [0, 0.1) is 0 Å². The average molecular weight is 325 g/mol. The molecule has 0 amide bonds. The summed E-state index contributed by atoms with van der Waals surface area (Å²) in [7, 11) is 1.61. The molecule has 0 aliphatic heterocycles. The summed E-state index contributed by atoms with van der Waals surface area (Å²) in [6.07, 6.45) is 2.49. The molecule has 1 saturated carbocycles. The van der Waals surface area contributed by atoms with Gasteiger partial charge in [-0.3, -0.25) is 0 Å². The van der Waals surface area contributed by atoms with Crippen LogP contribution in [-0.2, 0) is 0 Å². The van der Waals surface area contributed by atoms with Gasteiger partial charge in [0.2, 0.25) is 0 Å². The molecule has 19 heavy (non-hydrogen) atoms. The number of hydrogen-bond acceptors (Lipinski definition) is 5. The van der Waals surface area contributed by atoms with E-state index >= 15 is 0 Å². The molecule has 5 nitrogen and oxygen atoms in total. The Kier molecular flexibility index (Phi) is 3.10. The minimum absolute atomic E-state index is 0.303. The molecule has 2 aromatic rings. The number of ether oxygens (including phenoxy) is 2. The SMILES string of the molecule is COc1cc(-c2cc(N)no2)cc(Br)c1OC1CC1. The fourth-order valence-electron chi connectivity index (χ4n) is 1.75. The summed E-state index contributed by atoms with van der Waals surface area (Å²) in [4.78, 5) is 0. The van der Waals surface area contributed by atoms with Gasteiger partial charge in [-0.1, -0.05) is 5.16 Å². The first kappa shape index (κ1) is 12.3. The zero-order valence-electron chi connectivity index (χ0n) is 10.4. The van der Waals surface area contributed by atoms with Crippen molar-refractivity contribution in [1.82, 2.24) is 5.16 Å². The largest absolute Gasteiger partial charge is 0.493 e. The predicted molar refractivity (Wildman–Crippen MR) is 74.3 cm³/mol. The lowest BCUT2D eigenvalue weighted by Crippen LogP contribution is -1.99. The summed E-state index contributed by atoms with van der Waals surface area (Å²) in [5, 5.41) is 3.67. The molecule has 1 fully saturated rings. The highest BCUT2D eigenvalue weighted by molar-refractivity contribution is 9.10. The minimum Gasteiger partial charge on any atom is -0.493 e. The van der Waals surface area contributed by atoms with Crippen LogP contribution < -0.4 is 15.2 Å². The van der Waals surface area contributed by atoms with Crippen molar-refractivity contribution in [3.05, 3.63) is 22.7 Å². The van der Waals surface area contributed by atoms with Gasteiger partial charge in [0, 0.05) is 11.6 Å². The van der Waals surface area contributed by atoms with Crippen molar-refractivity contribution in [1.29, 1.82) is 0 Å². The van der Waals surface area contributed by atoms with Crippen molar-refractivity contribution in [2.45, 2.75) is 18.9 Å². The van der Waals surface area contributed by atoms with Crippen LogP contribution in [0.5, 0.6) is 11.5 Å². The third-order valence-corrected chi connectivity index (χ3v) is 3.44. The highest BCUT2D eigenvalue weighted by Crippen LogP contribution is 2.42. The smallest absolute Gasteiger partial charge is 0.175 e. The second-order valence-electron chi connectivity index (χ2n) is 4.42. The van der Waals surface area contributed by atoms with Crippen LogP contribution in [0.15, 0.2) is 27.2 Å². The number of rotatable bonds is 4.